The predicted octanol–water partition coefficient (Wildman–Crippen LogP) is 3.31. The fourth-order valence-electron chi connectivity index (χ4n) is 2.62. The van der Waals surface area contributed by atoms with Gasteiger partial charge >= 0.3 is 0 Å². The van der Waals surface area contributed by atoms with Crippen LogP contribution in [0.2, 0.25) is 0 Å². The van der Waals surface area contributed by atoms with Gasteiger partial charge in [-0.2, -0.15) is 0 Å². The number of fused-ring (bicyclic) bond motifs is 1. The number of terminal acetylenes is 1. The van der Waals surface area contributed by atoms with Crippen LogP contribution in [0, 0.1) is 25.1 Å². The van der Waals surface area contributed by atoms with Gasteiger partial charge < -0.3 is 4.57 Å². The lowest BCUT2D eigenvalue weighted by atomic mass is 10.0. The highest BCUT2D eigenvalue weighted by molar-refractivity contribution is 6.10. The minimum Gasteiger partial charge on any atom is -0.335 e. The van der Waals surface area contributed by atoms with Gasteiger partial charge in [-0.15, -0.1) is 6.42 Å². The van der Waals surface area contributed by atoms with Gasteiger partial charge in [-0.25, -0.2) is 4.39 Å². The zero-order valence-electron chi connectivity index (χ0n) is 13.0. The molecule has 4 heteroatoms. The van der Waals surface area contributed by atoms with Gasteiger partial charge in [0.2, 0.25) is 5.43 Å². The van der Waals surface area contributed by atoms with E-state index in [0.29, 0.717) is 11.1 Å². The van der Waals surface area contributed by atoms with Gasteiger partial charge in [-0.3, -0.25) is 9.59 Å². The third kappa shape index (κ3) is 2.72. The van der Waals surface area contributed by atoms with Crippen LogP contribution in [-0.2, 0) is 6.54 Å². The first-order chi connectivity index (χ1) is 11.5. The lowest BCUT2D eigenvalue weighted by Crippen LogP contribution is -2.20. The van der Waals surface area contributed by atoms with E-state index in [1.54, 1.807) is 28.8 Å². The molecule has 1 aromatic heterocycles. The first kappa shape index (κ1) is 15.7. The molecule has 0 radical (unpaired) electrons. The maximum Gasteiger partial charge on any atom is 0.200 e. The highest BCUT2D eigenvalue weighted by Crippen LogP contribution is 2.16. The van der Waals surface area contributed by atoms with E-state index in [1.807, 2.05) is 6.92 Å². The molecule has 0 spiro atoms. The molecule has 3 aromatic rings. The molecular weight excluding hydrogens is 305 g/mol. The molecule has 0 fully saturated rings. The Bertz CT molecular complexity index is 1040. The minimum absolute atomic E-state index is 0.0211. The maximum atomic E-state index is 13.6. The van der Waals surface area contributed by atoms with E-state index < -0.39 is 17.0 Å². The van der Waals surface area contributed by atoms with Crippen molar-refractivity contribution in [2.45, 2.75) is 13.5 Å². The second-order valence-electron chi connectivity index (χ2n) is 5.56. The number of halogens is 1. The topological polar surface area (TPSA) is 39.1 Å². The summed E-state index contributed by atoms with van der Waals surface area (Å²) in [6.45, 7) is 2.09. The van der Waals surface area contributed by atoms with Crippen LogP contribution in [0.25, 0.3) is 10.9 Å². The molecule has 0 atom stereocenters. The number of aromatic nitrogens is 1. The number of aryl methyl sites for hydroxylation is 1. The van der Waals surface area contributed by atoms with Crippen LogP contribution < -0.4 is 5.43 Å². The normalized spacial score (nSPS) is 10.5. The zero-order valence-corrected chi connectivity index (χ0v) is 13.0. The van der Waals surface area contributed by atoms with Gasteiger partial charge in [0.05, 0.1) is 17.6 Å². The van der Waals surface area contributed by atoms with Crippen molar-refractivity contribution in [2.24, 2.45) is 0 Å². The third-order valence-electron chi connectivity index (χ3n) is 3.86. The van der Waals surface area contributed by atoms with Crippen molar-refractivity contribution >= 4 is 16.7 Å². The number of hydrogen-bond donors (Lipinski definition) is 0. The Morgan fingerprint density at radius 2 is 1.92 bits per heavy atom. The number of nitrogens with zero attached hydrogens (tertiary/aromatic N) is 1. The van der Waals surface area contributed by atoms with Crippen LogP contribution >= 0.6 is 0 Å². The van der Waals surface area contributed by atoms with E-state index in [0.717, 1.165) is 11.6 Å². The second kappa shape index (κ2) is 6.13. The van der Waals surface area contributed by atoms with Crippen molar-refractivity contribution in [2.75, 3.05) is 0 Å². The second-order valence-corrected chi connectivity index (χ2v) is 5.56. The average Bonchev–Trinajstić information content (AvgIpc) is 2.57. The summed E-state index contributed by atoms with van der Waals surface area (Å²) >= 11 is 0. The van der Waals surface area contributed by atoms with Crippen LogP contribution in [0.1, 0.15) is 21.5 Å². The molecule has 0 aliphatic carbocycles. The smallest absolute Gasteiger partial charge is 0.200 e. The molecule has 24 heavy (non-hydrogen) atoms. The van der Waals surface area contributed by atoms with E-state index in [-0.39, 0.29) is 17.5 Å². The summed E-state index contributed by atoms with van der Waals surface area (Å²) in [4.78, 5) is 25.4. The van der Waals surface area contributed by atoms with Crippen LogP contribution in [-0.4, -0.2) is 10.4 Å². The zero-order chi connectivity index (χ0) is 17.3. The first-order valence-electron chi connectivity index (χ1n) is 7.39. The number of benzene rings is 2. The van der Waals surface area contributed by atoms with E-state index in [1.165, 1.54) is 18.3 Å². The Morgan fingerprint density at radius 1 is 1.21 bits per heavy atom. The molecule has 3 rings (SSSR count). The van der Waals surface area contributed by atoms with Gasteiger partial charge in [0.1, 0.15) is 5.82 Å². The van der Waals surface area contributed by atoms with Crippen molar-refractivity contribution in [1.29, 1.82) is 0 Å². The average molecular weight is 319 g/mol. The standard InChI is InChI=1S/C20H14FNO2/c1-3-10-22-12-17(19(23)14-6-4-13(2)5-7-14)20(24)16-11-15(21)8-9-18(16)22/h1,4-9,11-12H,10H2,2H3. The number of pyridine rings is 1. The molecule has 0 saturated heterocycles. The van der Waals surface area contributed by atoms with Crippen LogP contribution in [0.15, 0.2) is 53.5 Å². The lowest BCUT2D eigenvalue weighted by Gasteiger charge is -2.11. The Balaban J connectivity index is 2.26. The van der Waals surface area contributed by atoms with Gasteiger partial charge in [0, 0.05) is 17.1 Å². The summed E-state index contributed by atoms with van der Waals surface area (Å²) in [5, 5.41) is 0.142. The van der Waals surface area contributed by atoms with E-state index in [2.05, 4.69) is 5.92 Å². The molecule has 3 nitrogen and oxygen atoms in total. The van der Waals surface area contributed by atoms with Crippen molar-refractivity contribution in [1.82, 2.24) is 4.57 Å². The summed E-state index contributed by atoms with van der Waals surface area (Å²) in [7, 11) is 0. The monoisotopic (exact) mass is 319 g/mol. The van der Waals surface area contributed by atoms with Gasteiger partial charge in [0.15, 0.2) is 5.78 Å². The first-order valence-corrected chi connectivity index (χ1v) is 7.39. The summed E-state index contributed by atoms with van der Waals surface area (Å²) in [6.07, 6.45) is 6.81. The largest absolute Gasteiger partial charge is 0.335 e. The quantitative estimate of drug-likeness (QED) is 0.549. The molecule has 0 unspecified atom stereocenters. The Kier molecular flexibility index (Phi) is 4.01. The Labute approximate surface area is 138 Å². The molecule has 2 aromatic carbocycles. The fraction of sp³-hybridized carbons (Fsp3) is 0.100. The van der Waals surface area contributed by atoms with Crippen molar-refractivity contribution < 1.29 is 9.18 Å². The molecule has 0 bridgehead atoms. The number of ketones is 1. The van der Waals surface area contributed by atoms with Gasteiger partial charge in [-0.05, 0) is 25.1 Å². The highest BCUT2D eigenvalue weighted by atomic mass is 19.1. The molecular formula is C20H14FNO2. The van der Waals surface area contributed by atoms with Crippen molar-refractivity contribution in [3.63, 3.8) is 0 Å². The summed E-state index contributed by atoms with van der Waals surface area (Å²) in [5.74, 6) is 1.54. The highest BCUT2D eigenvalue weighted by Gasteiger charge is 2.17. The van der Waals surface area contributed by atoms with Gasteiger partial charge in [0.25, 0.3) is 0 Å². The minimum atomic E-state index is -0.535. The van der Waals surface area contributed by atoms with Crippen molar-refractivity contribution in [3.8, 4) is 12.3 Å². The molecule has 0 amide bonds. The number of rotatable bonds is 3. The SMILES string of the molecule is C#CCn1cc(C(=O)c2ccc(C)cc2)c(=O)c2cc(F)ccc21. The van der Waals surface area contributed by atoms with E-state index in [9.17, 15) is 14.0 Å². The molecule has 0 aliphatic rings. The van der Waals surface area contributed by atoms with Crippen LogP contribution in [0.4, 0.5) is 4.39 Å². The summed E-state index contributed by atoms with van der Waals surface area (Å²) in [5.41, 5.74) is 1.40. The number of carbonyl (C=O) groups is 1. The van der Waals surface area contributed by atoms with Crippen molar-refractivity contribution in [3.05, 3.63) is 81.4 Å². The van der Waals surface area contributed by atoms with Crippen LogP contribution in [0.5, 0.6) is 0 Å². The number of hydrogen-bond acceptors (Lipinski definition) is 2. The molecule has 0 saturated carbocycles. The maximum absolute atomic E-state index is 13.6. The molecule has 0 aliphatic heterocycles. The summed E-state index contributed by atoms with van der Waals surface area (Å²) < 4.78 is 15.2. The molecule has 118 valence electrons. The molecule has 1 heterocycles. The predicted molar refractivity (Wildman–Crippen MR) is 91.6 cm³/mol. The van der Waals surface area contributed by atoms with Gasteiger partial charge in [-0.1, -0.05) is 35.7 Å². The lowest BCUT2D eigenvalue weighted by molar-refractivity contribution is 0.103. The number of carbonyl (C=O) groups excluding carboxylic acids is 1. The molecule has 0 N–H and O–H groups in total. The van der Waals surface area contributed by atoms with Crippen LogP contribution in [0.3, 0.4) is 0 Å². The fourth-order valence-corrected chi connectivity index (χ4v) is 2.62. The van der Waals surface area contributed by atoms with E-state index in [4.69, 9.17) is 6.42 Å². The Hall–Kier alpha value is -3.19. The third-order valence-corrected chi connectivity index (χ3v) is 3.86. The summed E-state index contributed by atoms with van der Waals surface area (Å²) in [6, 6.07) is 10.8. The Morgan fingerprint density at radius 3 is 2.58 bits per heavy atom. The van der Waals surface area contributed by atoms with E-state index >= 15 is 0 Å².